The fourth-order valence-electron chi connectivity index (χ4n) is 2.18. The van der Waals surface area contributed by atoms with Crippen molar-refractivity contribution in [2.45, 2.75) is 29.8 Å². The van der Waals surface area contributed by atoms with E-state index in [9.17, 15) is 4.79 Å². The molecule has 2 aromatic carbocycles. The smallest absolute Gasteiger partial charge is 0.235 e. The summed E-state index contributed by atoms with van der Waals surface area (Å²) >= 11 is 1.68. The highest BCUT2D eigenvalue weighted by Crippen LogP contribution is 2.25. The van der Waals surface area contributed by atoms with Gasteiger partial charge in [-0.05, 0) is 35.7 Å². The van der Waals surface area contributed by atoms with Gasteiger partial charge in [0.1, 0.15) is 0 Å². The first kappa shape index (κ1) is 13.5. The highest BCUT2D eigenvalue weighted by molar-refractivity contribution is 7.99. The van der Waals surface area contributed by atoms with E-state index in [1.54, 1.807) is 11.8 Å². The number of benzene rings is 2. The summed E-state index contributed by atoms with van der Waals surface area (Å²) in [5.41, 5.74) is 5.45. The van der Waals surface area contributed by atoms with Gasteiger partial charge < -0.3 is 11.1 Å². The maximum absolute atomic E-state index is 11.4. The van der Waals surface area contributed by atoms with Crippen molar-refractivity contribution in [2.75, 3.05) is 5.75 Å². The highest BCUT2D eigenvalue weighted by atomic mass is 32.2. The number of hydrogen-bond acceptors (Lipinski definition) is 3. The van der Waals surface area contributed by atoms with E-state index in [0.29, 0.717) is 11.8 Å². The Hall–Kier alpha value is -1.52. The number of amides is 1. The van der Waals surface area contributed by atoms with E-state index in [1.165, 1.54) is 15.7 Å². The molecule has 1 aliphatic carbocycles. The van der Waals surface area contributed by atoms with Gasteiger partial charge in [0.05, 0.1) is 6.04 Å². The molecule has 3 nitrogen and oxygen atoms in total. The van der Waals surface area contributed by atoms with Crippen LogP contribution in [0.1, 0.15) is 12.8 Å². The minimum absolute atomic E-state index is 0.237. The standard InChI is InChI=1S/C16H18N2OS/c17-16(19)15(18-13-6-7-13)10-20-14-8-5-11-3-1-2-4-12(11)9-14/h1-5,8-9,13,15,18H,6-7,10H2,(H2,17,19). The van der Waals surface area contributed by atoms with Crippen molar-refractivity contribution in [1.29, 1.82) is 0 Å². The van der Waals surface area contributed by atoms with Crippen molar-refractivity contribution in [2.24, 2.45) is 5.73 Å². The molecule has 1 saturated carbocycles. The molecule has 1 aliphatic rings. The molecule has 0 spiro atoms. The lowest BCUT2D eigenvalue weighted by Crippen LogP contribution is -2.44. The number of rotatable bonds is 6. The van der Waals surface area contributed by atoms with Crippen molar-refractivity contribution in [3.63, 3.8) is 0 Å². The second kappa shape index (κ2) is 5.85. The molecule has 104 valence electrons. The molecule has 0 aliphatic heterocycles. The second-order valence-electron chi connectivity index (χ2n) is 5.22. The monoisotopic (exact) mass is 286 g/mol. The largest absolute Gasteiger partial charge is 0.368 e. The fourth-order valence-corrected chi connectivity index (χ4v) is 3.18. The molecule has 3 N–H and O–H groups in total. The quantitative estimate of drug-likeness (QED) is 0.802. The van der Waals surface area contributed by atoms with Gasteiger partial charge in [-0.3, -0.25) is 4.79 Å². The maximum Gasteiger partial charge on any atom is 0.235 e. The van der Waals surface area contributed by atoms with Gasteiger partial charge in [0, 0.05) is 16.7 Å². The molecular formula is C16H18N2OS. The third kappa shape index (κ3) is 3.32. The van der Waals surface area contributed by atoms with Crippen LogP contribution in [0.15, 0.2) is 47.4 Å². The van der Waals surface area contributed by atoms with Gasteiger partial charge in [0.25, 0.3) is 0 Å². The number of nitrogens with two attached hydrogens (primary N) is 1. The van der Waals surface area contributed by atoms with Crippen LogP contribution in [0.3, 0.4) is 0 Å². The van der Waals surface area contributed by atoms with Crippen LogP contribution in [0.2, 0.25) is 0 Å². The van der Waals surface area contributed by atoms with Gasteiger partial charge in [-0.25, -0.2) is 0 Å². The molecule has 20 heavy (non-hydrogen) atoms. The van der Waals surface area contributed by atoms with Crippen LogP contribution in [-0.2, 0) is 4.79 Å². The molecule has 0 heterocycles. The summed E-state index contributed by atoms with van der Waals surface area (Å²) in [5.74, 6) is 0.426. The maximum atomic E-state index is 11.4. The van der Waals surface area contributed by atoms with Gasteiger partial charge in [-0.2, -0.15) is 0 Å². The van der Waals surface area contributed by atoms with Crippen LogP contribution in [-0.4, -0.2) is 23.7 Å². The third-order valence-electron chi connectivity index (χ3n) is 3.50. The molecule has 1 fully saturated rings. The Balaban J connectivity index is 1.66. The lowest BCUT2D eigenvalue weighted by Gasteiger charge is -2.14. The molecule has 1 atom stereocenters. The fraction of sp³-hybridized carbons (Fsp3) is 0.312. The number of primary amides is 1. The van der Waals surface area contributed by atoms with E-state index in [1.807, 2.05) is 12.1 Å². The van der Waals surface area contributed by atoms with Crippen molar-refractivity contribution in [3.8, 4) is 0 Å². The van der Waals surface area contributed by atoms with Gasteiger partial charge >= 0.3 is 0 Å². The molecular weight excluding hydrogens is 268 g/mol. The number of thioether (sulfide) groups is 1. The first-order valence-electron chi connectivity index (χ1n) is 6.89. The number of hydrogen-bond donors (Lipinski definition) is 2. The summed E-state index contributed by atoms with van der Waals surface area (Å²) < 4.78 is 0. The summed E-state index contributed by atoms with van der Waals surface area (Å²) in [7, 11) is 0. The lowest BCUT2D eigenvalue weighted by molar-refractivity contribution is -0.119. The summed E-state index contributed by atoms with van der Waals surface area (Å²) in [6, 6.07) is 14.9. The Morgan fingerprint density at radius 1 is 1.25 bits per heavy atom. The van der Waals surface area contributed by atoms with Gasteiger partial charge in [-0.15, -0.1) is 11.8 Å². The second-order valence-corrected chi connectivity index (χ2v) is 6.31. The van der Waals surface area contributed by atoms with E-state index in [-0.39, 0.29) is 11.9 Å². The summed E-state index contributed by atoms with van der Waals surface area (Å²) in [6.45, 7) is 0. The van der Waals surface area contributed by atoms with Crippen molar-refractivity contribution in [3.05, 3.63) is 42.5 Å². The average molecular weight is 286 g/mol. The molecule has 0 saturated heterocycles. The normalized spacial score (nSPS) is 16.2. The van der Waals surface area contributed by atoms with Crippen molar-refractivity contribution < 1.29 is 4.79 Å². The predicted octanol–water partition coefficient (Wildman–Crippen LogP) is 2.54. The van der Waals surface area contributed by atoms with Gasteiger partial charge in [0.2, 0.25) is 5.91 Å². The number of fused-ring (bicyclic) bond motifs is 1. The SMILES string of the molecule is NC(=O)C(CSc1ccc2ccccc2c1)NC1CC1. The Morgan fingerprint density at radius 2 is 2.00 bits per heavy atom. The molecule has 1 amide bonds. The summed E-state index contributed by atoms with van der Waals surface area (Å²) in [5, 5.41) is 5.76. The van der Waals surface area contributed by atoms with E-state index >= 15 is 0 Å². The number of carbonyl (C=O) groups excluding carboxylic acids is 1. The Labute approximate surface area is 122 Å². The molecule has 2 aromatic rings. The third-order valence-corrected chi connectivity index (χ3v) is 4.58. The van der Waals surface area contributed by atoms with E-state index in [4.69, 9.17) is 5.73 Å². The van der Waals surface area contributed by atoms with Crippen LogP contribution in [0.25, 0.3) is 10.8 Å². The average Bonchev–Trinajstić information content (AvgIpc) is 3.27. The van der Waals surface area contributed by atoms with Crippen LogP contribution in [0, 0.1) is 0 Å². The molecule has 4 heteroatoms. The molecule has 0 aromatic heterocycles. The zero-order valence-electron chi connectivity index (χ0n) is 11.2. The molecule has 1 unspecified atom stereocenters. The summed E-state index contributed by atoms with van der Waals surface area (Å²) in [4.78, 5) is 12.6. The van der Waals surface area contributed by atoms with E-state index in [0.717, 1.165) is 12.8 Å². The Kier molecular flexibility index (Phi) is 3.94. The topological polar surface area (TPSA) is 55.1 Å². The van der Waals surface area contributed by atoms with Crippen LogP contribution in [0.5, 0.6) is 0 Å². The lowest BCUT2D eigenvalue weighted by atomic mass is 10.1. The highest BCUT2D eigenvalue weighted by Gasteiger charge is 2.27. The zero-order valence-corrected chi connectivity index (χ0v) is 12.0. The summed E-state index contributed by atoms with van der Waals surface area (Å²) in [6.07, 6.45) is 2.31. The van der Waals surface area contributed by atoms with Crippen LogP contribution in [0.4, 0.5) is 0 Å². The molecule has 3 rings (SSSR count). The van der Waals surface area contributed by atoms with E-state index < -0.39 is 0 Å². The minimum atomic E-state index is -0.259. The molecule has 0 radical (unpaired) electrons. The predicted molar refractivity (Wildman–Crippen MR) is 83.8 cm³/mol. The first-order chi connectivity index (χ1) is 9.72. The minimum Gasteiger partial charge on any atom is -0.368 e. The van der Waals surface area contributed by atoms with Crippen LogP contribution >= 0.6 is 11.8 Å². The molecule has 0 bridgehead atoms. The van der Waals surface area contributed by atoms with Crippen molar-refractivity contribution in [1.82, 2.24) is 5.32 Å². The first-order valence-corrected chi connectivity index (χ1v) is 7.88. The number of carbonyl (C=O) groups is 1. The van der Waals surface area contributed by atoms with Gasteiger partial charge in [0.15, 0.2) is 0 Å². The zero-order chi connectivity index (χ0) is 13.9. The van der Waals surface area contributed by atoms with Crippen LogP contribution < -0.4 is 11.1 Å². The van der Waals surface area contributed by atoms with Gasteiger partial charge in [-0.1, -0.05) is 30.3 Å². The number of nitrogens with one attached hydrogen (secondary N) is 1. The van der Waals surface area contributed by atoms with Crippen molar-refractivity contribution >= 4 is 28.4 Å². The Morgan fingerprint density at radius 3 is 2.70 bits per heavy atom. The Bertz CT molecular complexity index is 625. The van der Waals surface area contributed by atoms with E-state index in [2.05, 4.69) is 35.6 Å².